The van der Waals surface area contributed by atoms with E-state index in [2.05, 4.69) is 15.4 Å². The number of benzene rings is 2. The lowest BCUT2D eigenvalue weighted by Crippen LogP contribution is -2.34. The molecular weight excluding hydrogens is 396 g/mol. The molecule has 0 aliphatic carbocycles. The minimum Gasteiger partial charge on any atom is -0.434 e. The third kappa shape index (κ3) is 8.23. The van der Waals surface area contributed by atoms with Gasteiger partial charge < -0.3 is 20.1 Å². The van der Waals surface area contributed by atoms with Crippen LogP contribution < -0.4 is 15.4 Å². The molecule has 0 radical (unpaired) electrons. The molecule has 154 valence electrons. The summed E-state index contributed by atoms with van der Waals surface area (Å²) in [5, 5.41) is 6.14. The van der Waals surface area contributed by atoms with Crippen LogP contribution >= 0.6 is 11.6 Å². The second-order valence-electron chi connectivity index (χ2n) is 6.04. The molecule has 29 heavy (non-hydrogen) atoms. The molecule has 0 atom stereocenters. The molecular formula is C21H23ClN2O5. The normalized spacial score (nSPS) is 10.1. The summed E-state index contributed by atoms with van der Waals surface area (Å²) in [6.45, 7) is 2.52. The van der Waals surface area contributed by atoms with Gasteiger partial charge in [0.25, 0.3) is 5.91 Å². The molecule has 2 N–H and O–H groups in total. The van der Waals surface area contributed by atoms with Crippen molar-refractivity contribution in [2.45, 2.75) is 19.8 Å². The smallest absolute Gasteiger partial charge is 0.434 e. The molecule has 2 amide bonds. The van der Waals surface area contributed by atoms with Gasteiger partial charge in [-0.1, -0.05) is 23.7 Å². The van der Waals surface area contributed by atoms with Crippen molar-refractivity contribution in [1.29, 1.82) is 0 Å². The molecule has 0 saturated heterocycles. The number of hydrogen-bond donors (Lipinski definition) is 2. The number of ether oxygens (including phenoxy) is 2. The van der Waals surface area contributed by atoms with Gasteiger partial charge in [0.1, 0.15) is 5.75 Å². The van der Waals surface area contributed by atoms with Crippen LogP contribution in [0.3, 0.4) is 0 Å². The van der Waals surface area contributed by atoms with Crippen LogP contribution in [-0.4, -0.2) is 37.7 Å². The number of aryl methyl sites for hydroxylation is 1. The molecule has 2 aromatic carbocycles. The Morgan fingerprint density at radius 2 is 1.59 bits per heavy atom. The molecule has 0 aliphatic heterocycles. The van der Waals surface area contributed by atoms with E-state index in [0.717, 1.165) is 5.56 Å². The molecule has 8 heteroatoms. The van der Waals surface area contributed by atoms with E-state index in [9.17, 15) is 14.4 Å². The van der Waals surface area contributed by atoms with E-state index in [1.54, 1.807) is 19.1 Å². The van der Waals surface area contributed by atoms with Crippen molar-refractivity contribution in [3.8, 4) is 5.75 Å². The molecule has 2 rings (SSSR count). The number of amides is 2. The van der Waals surface area contributed by atoms with Gasteiger partial charge in [0, 0.05) is 30.1 Å². The van der Waals surface area contributed by atoms with E-state index in [1.165, 1.54) is 24.3 Å². The molecule has 0 heterocycles. The maximum Gasteiger partial charge on any atom is 0.513 e. The summed E-state index contributed by atoms with van der Waals surface area (Å²) < 4.78 is 9.60. The van der Waals surface area contributed by atoms with Crippen LogP contribution in [0.25, 0.3) is 0 Å². The van der Waals surface area contributed by atoms with Crippen LogP contribution in [0.1, 0.15) is 29.3 Å². The monoisotopic (exact) mass is 418 g/mol. The summed E-state index contributed by atoms with van der Waals surface area (Å²) in [5.41, 5.74) is 1.45. The Bertz CT molecular complexity index is 822. The molecule has 2 aromatic rings. The van der Waals surface area contributed by atoms with Crippen LogP contribution in [0.4, 0.5) is 4.79 Å². The van der Waals surface area contributed by atoms with Crippen LogP contribution in [0.15, 0.2) is 48.5 Å². The fraction of sp³-hybridized carbons (Fsp3) is 0.286. The lowest BCUT2D eigenvalue weighted by molar-refractivity contribution is -0.121. The number of hydrogen-bond acceptors (Lipinski definition) is 5. The summed E-state index contributed by atoms with van der Waals surface area (Å²) >= 11 is 5.83. The van der Waals surface area contributed by atoms with Gasteiger partial charge in [0.05, 0.1) is 6.61 Å². The van der Waals surface area contributed by atoms with Crippen molar-refractivity contribution in [2.24, 2.45) is 0 Å². The topological polar surface area (TPSA) is 93.7 Å². The van der Waals surface area contributed by atoms with Crippen molar-refractivity contribution in [2.75, 3.05) is 19.7 Å². The maximum atomic E-state index is 12.1. The van der Waals surface area contributed by atoms with Crippen LogP contribution in [-0.2, 0) is 16.0 Å². The number of halogens is 1. The Kier molecular flexibility index (Phi) is 8.98. The first kappa shape index (κ1) is 22.2. The van der Waals surface area contributed by atoms with Crippen LogP contribution in [0, 0.1) is 0 Å². The van der Waals surface area contributed by atoms with Gasteiger partial charge in [0.15, 0.2) is 0 Å². The predicted molar refractivity (Wildman–Crippen MR) is 109 cm³/mol. The standard InChI is InChI=1S/C21H23ClN2O5/c1-2-28-21(27)29-18-10-6-16(7-11-18)20(26)24-14-13-23-19(25)12-5-15-3-8-17(22)9-4-15/h3-4,6-11H,2,5,12-14H2,1H3,(H,23,25)(H,24,26). The molecule has 0 spiro atoms. The zero-order valence-corrected chi connectivity index (χ0v) is 16.8. The Morgan fingerprint density at radius 1 is 0.931 bits per heavy atom. The van der Waals surface area contributed by atoms with E-state index >= 15 is 0 Å². The molecule has 0 saturated carbocycles. The average Bonchev–Trinajstić information content (AvgIpc) is 2.71. The number of rotatable bonds is 9. The van der Waals surface area contributed by atoms with Gasteiger partial charge in [0.2, 0.25) is 5.91 Å². The van der Waals surface area contributed by atoms with Gasteiger partial charge in [-0.2, -0.15) is 0 Å². The van der Waals surface area contributed by atoms with Gasteiger partial charge in [-0.25, -0.2) is 4.79 Å². The first-order valence-corrected chi connectivity index (χ1v) is 9.59. The van der Waals surface area contributed by atoms with E-state index in [4.69, 9.17) is 16.3 Å². The molecule has 0 aliphatic rings. The lowest BCUT2D eigenvalue weighted by atomic mass is 10.1. The fourth-order valence-corrected chi connectivity index (χ4v) is 2.52. The first-order chi connectivity index (χ1) is 14.0. The SMILES string of the molecule is CCOC(=O)Oc1ccc(C(=O)NCCNC(=O)CCc2ccc(Cl)cc2)cc1. The van der Waals surface area contributed by atoms with Crippen LogP contribution in [0.2, 0.25) is 5.02 Å². The van der Waals surface area contributed by atoms with Crippen molar-refractivity contribution in [3.05, 3.63) is 64.7 Å². The van der Waals surface area contributed by atoms with E-state index in [1.807, 2.05) is 12.1 Å². The average molecular weight is 419 g/mol. The summed E-state index contributed by atoms with van der Waals surface area (Å²) in [6.07, 6.45) is 0.184. The molecule has 7 nitrogen and oxygen atoms in total. The zero-order chi connectivity index (χ0) is 21.1. The third-order valence-corrected chi connectivity index (χ3v) is 4.12. The summed E-state index contributed by atoms with van der Waals surface area (Å²) in [6, 6.07) is 13.4. The Labute approximate surface area is 174 Å². The fourth-order valence-electron chi connectivity index (χ4n) is 2.40. The molecule has 0 unspecified atom stereocenters. The van der Waals surface area contributed by atoms with E-state index in [-0.39, 0.29) is 24.2 Å². The minimum absolute atomic E-state index is 0.0883. The third-order valence-electron chi connectivity index (χ3n) is 3.87. The summed E-state index contributed by atoms with van der Waals surface area (Å²) in [4.78, 5) is 35.2. The highest BCUT2D eigenvalue weighted by atomic mass is 35.5. The highest BCUT2D eigenvalue weighted by Crippen LogP contribution is 2.13. The number of carbonyl (C=O) groups excluding carboxylic acids is 3. The second kappa shape index (κ2) is 11.7. The number of carbonyl (C=O) groups is 3. The molecule has 0 bridgehead atoms. The summed E-state index contributed by atoms with van der Waals surface area (Å²) in [5.74, 6) is -0.0919. The van der Waals surface area contributed by atoms with E-state index < -0.39 is 6.16 Å². The van der Waals surface area contributed by atoms with Crippen molar-refractivity contribution in [3.63, 3.8) is 0 Å². The predicted octanol–water partition coefficient (Wildman–Crippen LogP) is 3.35. The van der Waals surface area contributed by atoms with Gasteiger partial charge in [-0.3, -0.25) is 9.59 Å². The minimum atomic E-state index is -0.795. The lowest BCUT2D eigenvalue weighted by Gasteiger charge is -2.08. The highest BCUT2D eigenvalue weighted by molar-refractivity contribution is 6.30. The Morgan fingerprint density at radius 3 is 2.24 bits per heavy atom. The molecule has 0 aromatic heterocycles. The Hall–Kier alpha value is -3.06. The quantitative estimate of drug-likeness (QED) is 0.370. The van der Waals surface area contributed by atoms with Crippen molar-refractivity contribution >= 4 is 29.6 Å². The van der Waals surface area contributed by atoms with Gasteiger partial charge in [-0.15, -0.1) is 0 Å². The highest BCUT2D eigenvalue weighted by Gasteiger charge is 2.08. The Balaban J connectivity index is 1.65. The summed E-state index contributed by atoms with van der Waals surface area (Å²) in [7, 11) is 0. The molecule has 0 fully saturated rings. The first-order valence-electron chi connectivity index (χ1n) is 9.22. The van der Waals surface area contributed by atoms with E-state index in [0.29, 0.717) is 36.5 Å². The maximum absolute atomic E-state index is 12.1. The van der Waals surface area contributed by atoms with Crippen molar-refractivity contribution < 1.29 is 23.9 Å². The van der Waals surface area contributed by atoms with Gasteiger partial charge >= 0.3 is 6.16 Å². The van der Waals surface area contributed by atoms with Gasteiger partial charge in [-0.05, 0) is 55.3 Å². The number of nitrogens with one attached hydrogen (secondary N) is 2. The second-order valence-corrected chi connectivity index (χ2v) is 6.48. The van der Waals surface area contributed by atoms with Crippen molar-refractivity contribution in [1.82, 2.24) is 10.6 Å². The van der Waals surface area contributed by atoms with Crippen LogP contribution in [0.5, 0.6) is 5.75 Å². The zero-order valence-electron chi connectivity index (χ0n) is 16.1. The largest absolute Gasteiger partial charge is 0.513 e.